The van der Waals surface area contributed by atoms with E-state index >= 15 is 0 Å². The summed E-state index contributed by atoms with van der Waals surface area (Å²) in [6.45, 7) is 3.63. The second-order valence-electron chi connectivity index (χ2n) is 7.01. The number of hydrogen-bond acceptors (Lipinski definition) is 3. The third kappa shape index (κ3) is 4.68. The van der Waals surface area contributed by atoms with Crippen LogP contribution in [-0.4, -0.2) is 36.5 Å². The summed E-state index contributed by atoms with van der Waals surface area (Å²) in [4.78, 5) is 39.0. The number of para-hydroxylation sites is 2. The number of nitrogens with zero attached hydrogens (tertiary/aromatic N) is 1. The molecule has 0 aromatic heterocycles. The predicted molar refractivity (Wildman–Crippen MR) is 108 cm³/mol. The van der Waals surface area contributed by atoms with Gasteiger partial charge in [0.05, 0.1) is 11.4 Å². The molecule has 4 amide bonds. The van der Waals surface area contributed by atoms with Gasteiger partial charge in [-0.25, -0.2) is 4.79 Å². The first-order valence-corrected chi connectivity index (χ1v) is 9.25. The Labute approximate surface area is 164 Å². The first kappa shape index (κ1) is 19.4. The van der Waals surface area contributed by atoms with Gasteiger partial charge >= 0.3 is 6.03 Å². The smallest absolute Gasteiger partial charge is 0.323 e. The number of fused-ring (bicyclic) bond motifs is 1. The monoisotopic (exact) mass is 380 g/mol. The molecule has 0 saturated carbocycles. The van der Waals surface area contributed by atoms with Gasteiger partial charge in [-0.3, -0.25) is 14.5 Å². The van der Waals surface area contributed by atoms with Crippen molar-refractivity contribution in [3.8, 4) is 0 Å². The molecule has 1 aliphatic rings. The molecule has 0 aliphatic carbocycles. The fourth-order valence-corrected chi connectivity index (χ4v) is 3.09. The average molecular weight is 380 g/mol. The molecular weight excluding hydrogens is 356 g/mol. The first-order valence-electron chi connectivity index (χ1n) is 9.25. The molecule has 0 saturated heterocycles. The summed E-state index contributed by atoms with van der Waals surface area (Å²) >= 11 is 0. The van der Waals surface area contributed by atoms with Crippen LogP contribution in [0.3, 0.4) is 0 Å². The van der Waals surface area contributed by atoms with E-state index in [2.05, 4.69) is 16.0 Å². The highest BCUT2D eigenvalue weighted by atomic mass is 16.2. The highest BCUT2D eigenvalue weighted by Gasteiger charge is 2.30. The van der Waals surface area contributed by atoms with Gasteiger partial charge in [0, 0.05) is 12.5 Å². The van der Waals surface area contributed by atoms with Crippen molar-refractivity contribution in [2.45, 2.75) is 32.4 Å². The number of carbonyl (C=O) groups excluding carboxylic acids is 3. The van der Waals surface area contributed by atoms with E-state index in [0.717, 1.165) is 5.56 Å². The number of amides is 4. The fourth-order valence-electron chi connectivity index (χ4n) is 3.09. The second kappa shape index (κ2) is 8.56. The minimum atomic E-state index is -0.755. The summed E-state index contributed by atoms with van der Waals surface area (Å²) in [5.41, 5.74) is 2.10. The van der Waals surface area contributed by atoms with Crippen molar-refractivity contribution in [2.24, 2.45) is 0 Å². The molecule has 2 aromatic rings. The van der Waals surface area contributed by atoms with Crippen LogP contribution in [0.25, 0.3) is 0 Å². The molecule has 0 unspecified atom stereocenters. The van der Waals surface area contributed by atoms with E-state index in [0.29, 0.717) is 17.8 Å². The number of benzene rings is 2. The van der Waals surface area contributed by atoms with Gasteiger partial charge in [-0.2, -0.15) is 0 Å². The minimum absolute atomic E-state index is 0.0517. The minimum Gasteiger partial charge on any atom is -0.352 e. The maximum absolute atomic E-state index is 13.0. The maximum Gasteiger partial charge on any atom is 0.323 e. The van der Waals surface area contributed by atoms with Gasteiger partial charge in [0.2, 0.25) is 11.8 Å². The summed E-state index contributed by atoms with van der Waals surface area (Å²) in [6, 6.07) is 15.3. The van der Waals surface area contributed by atoms with Crippen molar-refractivity contribution in [3.05, 3.63) is 60.2 Å². The van der Waals surface area contributed by atoms with E-state index in [1.54, 1.807) is 24.3 Å². The van der Waals surface area contributed by atoms with Gasteiger partial charge in [0.25, 0.3) is 0 Å². The standard InChI is InChI=1S/C21H24N4O3/c1-14(2)22-20(27)17(12-15-8-4-3-5-9-15)24-21(28)25-13-19(26)23-16-10-6-7-11-18(16)25/h3-11,14,17H,12-13H2,1-2H3,(H,22,27)(H,23,26)(H,24,28)/t17-/m1/s1. The highest BCUT2D eigenvalue weighted by Crippen LogP contribution is 2.28. The first-order chi connectivity index (χ1) is 13.4. The van der Waals surface area contributed by atoms with Crippen LogP contribution in [0.2, 0.25) is 0 Å². The third-order valence-corrected chi connectivity index (χ3v) is 4.34. The Morgan fingerprint density at radius 2 is 1.71 bits per heavy atom. The van der Waals surface area contributed by atoms with Gasteiger partial charge in [-0.05, 0) is 31.5 Å². The van der Waals surface area contributed by atoms with Crippen molar-refractivity contribution >= 4 is 29.2 Å². The lowest BCUT2D eigenvalue weighted by atomic mass is 10.0. The van der Waals surface area contributed by atoms with E-state index < -0.39 is 12.1 Å². The van der Waals surface area contributed by atoms with Crippen LogP contribution in [0.4, 0.5) is 16.2 Å². The van der Waals surface area contributed by atoms with Crippen molar-refractivity contribution in [1.29, 1.82) is 0 Å². The summed E-state index contributed by atoms with van der Waals surface area (Å²) in [6.07, 6.45) is 0.354. The zero-order valence-electron chi connectivity index (χ0n) is 15.9. The summed E-state index contributed by atoms with van der Waals surface area (Å²) < 4.78 is 0. The van der Waals surface area contributed by atoms with E-state index in [4.69, 9.17) is 0 Å². The lowest BCUT2D eigenvalue weighted by molar-refractivity contribution is -0.123. The number of rotatable bonds is 5. The van der Waals surface area contributed by atoms with Crippen LogP contribution in [0.15, 0.2) is 54.6 Å². The number of hydrogen-bond donors (Lipinski definition) is 3. The van der Waals surface area contributed by atoms with Gasteiger partial charge in [0.1, 0.15) is 12.6 Å². The Kier molecular flexibility index (Phi) is 5.93. The summed E-state index contributed by atoms with van der Waals surface area (Å²) in [5, 5.41) is 8.39. The zero-order valence-corrected chi connectivity index (χ0v) is 15.9. The van der Waals surface area contributed by atoms with Crippen molar-refractivity contribution in [2.75, 3.05) is 16.8 Å². The molecule has 146 valence electrons. The molecule has 0 spiro atoms. The topological polar surface area (TPSA) is 90.5 Å². The molecule has 1 heterocycles. The zero-order chi connectivity index (χ0) is 20.1. The second-order valence-corrected chi connectivity index (χ2v) is 7.01. The molecule has 7 nitrogen and oxygen atoms in total. The van der Waals surface area contributed by atoms with Crippen molar-refractivity contribution < 1.29 is 14.4 Å². The molecule has 1 atom stereocenters. The molecule has 2 aromatic carbocycles. The predicted octanol–water partition coefficient (Wildman–Crippen LogP) is 2.29. The van der Waals surface area contributed by atoms with E-state index in [-0.39, 0.29) is 24.4 Å². The highest BCUT2D eigenvalue weighted by molar-refractivity contribution is 6.10. The molecule has 1 aliphatic heterocycles. The Bertz CT molecular complexity index is 867. The van der Waals surface area contributed by atoms with Crippen LogP contribution in [0, 0.1) is 0 Å². The quantitative estimate of drug-likeness (QED) is 0.743. The molecule has 0 fully saturated rings. The molecule has 0 bridgehead atoms. The van der Waals surface area contributed by atoms with Crippen LogP contribution >= 0.6 is 0 Å². The van der Waals surface area contributed by atoms with Gasteiger partial charge in [-0.1, -0.05) is 42.5 Å². The molecule has 7 heteroatoms. The lowest BCUT2D eigenvalue weighted by Crippen LogP contribution is -2.55. The Hall–Kier alpha value is -3.35. The van der Waals surface area contributed by atoms with Crippen molar-refractivity contribution in [1.82, 2.24) is 10.6 Å². The van der Waals surface area contributed by atoms with Crippen molar-refractivity contribution in [3.63, 3.8) is 0 Å². The number of carbonyl (C=O) groups is 3. The van der Waals surface area contributed by atoms with Gasteiger partial charge in [-0.15, -0.1) is 0 Å². The summed E-state index contributed by atoms with van der Waals surface area (Å²) in [7, 11) is 0. The SMILES string of the molecule is CC(C)NC(=O)[C@@H](Cc1ccccc1)NC(=O)N1CC(=O)Nc2ccccc21. The number of urea groups is 1. The van der Waals surface area contributed by atoms with Crippen LogP contribution < -0.4 is 20.9 Å². The fraction of sp³-hybridized carbons (Fsp3) is 0.286. The maximum atomic E-state index is 13.0. The van der Waals surface area contributed by atoms with Gasteiger partial charge in [0.15, 0.2) is 0 Å². The molecule has 3 N–H and O–H groups in total. The molecular formula is C21H24N4O3. The van der Waals surface area contributed by atoms with Crippen LogP contribution in [-0.2, 0) is 16.0 Å². The van der Waals surface area contributed by atoms with E-state index in [9.17, 15) is 14.4 Å². The largest absolute Gasteiger partial charge is 0.352 e. The number of nitrogens with one attached hydrogen (secondary N) is 3. The van der Waals surface area contributed by atoms with Crippen LogP contribution in [0.1, 0.15) is 19.4 Å². The molecule has 0 radical (unpaired) electrons. The Morgan fingerprint density at radius 1 is 1.04 bits per heavy atom. The van der Waals surface area contributed by atoms with Gasteiger partial charge < -0.3 is 16.0 Å². The summed E-state index contributed by atoms with van der Waals surface area (Å²) in [5.74, 6) is -0.540. The average Bonchev–Trinajstić information content (AvgIpc) is 2.67. The molecule has 3 rings (SSSR count). The normalized spacial score (nSPS) is 14.1. The van der Waals surface area contributed by atoms with E-state index in [1.807, 2.05) is 44.2 Å². The lowest BCUT2D eigenvalue weighted by Gasteiger charge is -2.31. The third-order valence-electron chi connectivity index (χ3n) is 4.34. The Balaban J connectivity index is 1.80. The number of anilines is 2. The molecule has 28 heavy (non-hydrogen) atoms. The van der Waals surface area contributed by atoms with E-state index in [1.165, 1.54) is 4.90 Å². The van der Waals surface area contributed by atoms with Crippen LogP contribution in [0.5, 0.6) is 0 Å². The Morgan fingerprint density at radius 3 is 2.43 bits per heavy atom.